The van der Waals surface area contributed by atoms with E-state index in [0.29, 0.717) is 17.5 Å². The first-order chi connectivity index (χ1) is 8.97. The van der Waals surface area contributed by atoms with Gasteiger partial charge in [-0.3, -0.25) is 0 Å². The summed E-state index contributed by atoms with van der Waals surface area (Å²) in [6.07, 6.45) is 0.522. The highest BCUT2D eigenvalue weighted by Gasteiger charge is 2.30. The molecule has 0 aliphatic carbocycles. The van der Waals surface area contributed by atoms with E-state index < -0.39 is 5.60 Å². The summed E-state index contributed by atoms with van der Waals surface area (Å²) in [4.78, 5) is 0. The molecule has 2 aromatic carbocycles. The van der Waals surface area contributed by atoms with E-state index >= 15 is 0 Å². The molecule has 0 aliphatic rings. The van der Waals surface area contributed by atoms with E-state index in [1.165, 1.54) is 6.07 Å². The van der Waals surface area contributed by atoms with E-state index in [0.717, 1.165) is 10.0 Å². The van der Waals surface area contributed by atoms with Crippen LogP contribution in [0.1, 0.15) is 30.0 Å². The SMILES string of the molecule is CCC(O)(c1cccc(Br)c1)c1ccc(F)c(C)c1. The lowest BCUT2D eigenvalue weighted by molar-refractivity contribution is 0.0763. The molecule has 0 spiro atoms. The first-order valence-corrected chi connectivity index (χ1v) is 7.01. The van der Waals surface area contributed by atoms with Crippen molar-refractivity contribution in [3.05, 3.63) is 69.4 Å². The molecule has 0 heterocycles. The Labute approximate surface area is 121 Å². The minimum Gasteiger partial charge on any atom is -0.380 e. The third-order valence-electron chi connectivity index (χ3n) is 3.45. The van der Waals surface area contributed by atoms with Gasteiger partial charge in [-0.25, -0.2) is 4.39 Å². The average Bonchev–Trinajstić information content (AvgIpc) is 2.41. The second kappa shape index (κ2) is 5.43. The molecule has 0 bridgehead atoms. The molecule has 1 nitrogen and oxygen atoms in total. The number of benzene rings is 2. The molecule has 19 heavy (non-hydrogen) atoms. The van der Waals surface area contributed by atoms with Gasteiger partial charge in [-0.05, 0) is 54.3 Å². The van der Waals surface area contributed by atoms with Gasteiger partial charge >= 0.3 is 0 Å². The van der Waals surface area contributed by atoms with Crippen molar-refractivity contribution in [3.8, 4) is 0 Å². The van der Waals surface area contributed by atoms with Crippen molar-refractivity contribution in [1.29, 1.82) is 0 Å². The summed E-state index contributed by atoms with van der Waals surface area (Å²) in [7, 11) is 0. The summed E-state index contributed by atoms with van der Waals surface area (Å²) in [6, 6.07) is 12.3. The molecule has 3 heteroatoms. The van der Waals surface area contributed by atoms with Gasteiger partial charge in [0.15, 0.2) is 0 Å². The van der Waals surface area contributed by atoms with Crippen molar-refractivity contribution in [2.24, 2.45) is 0 Å². The minimum absolute atomic E-state index is 0.253. The van der Waals surface area contributed by atoms with Gasteiger partial charge in [0.1, 0.15) is 11.4 Å². The molecule has 0 saturated heterocycles. The minimum atomic E-state index is -1.09. The Hall–Kier alpha value is -1.19. The number of aryl methyl sites for hydroxylation is 1. The lowest BCUT2D eigenvalue weighted by Crippen LogP contribution is -2.26. The average molecular weight is 323 g/mol. The van der Waals surface area contributed by atoms with E-state index in [4.69, 9.17) is 0 Å². The quantitative estimate of drug-likeness (QED) is 0.879. The molecule has 1 N–H and O–H groups in total. The summed E-state index contributed by atoms with van der Waals surface area (Å²) < 4.78 is 14.3. The monoisotopic (exact) mass is 322 g/mol. The molecule has 0 fully saturated rings. The van der Waals surface area contributed by atoms with Crippen LogP contribution in [-0.4, -0.2) is 5.11 Å². The second-order valence-corrected chi connectivity index (χ2v) is 5.60. The van der Waals surface area contributed by atoms with Crippen LogP contribution in [0, 0.1) is 12.7 Å². The van der Waals surface area contributed by atoms with Gasteiger partial charge in [0.05, 0.1) is 0 Å². The van der Waals surface area contributed by atoms with Gasteiger partial charge < -0.3 is 5.11 Å². The number of rotatable bonds is 3. The van der Waals surface area contributed by atoms with Gasteiger partial charge in [-0.2, -0.15) is 0 Å². The Morgan fingerprint density at radius 1 is 1.16 bits per heavy atom. The standard InChI is InChI=1S/C16H16BrFO/c1-3-16(19,12-5-4-6-14(17)10-12)13-7-8-15(18)11(2)9-13/h4-10,19H,3H2,1-2H3. The van der Waals surface area contributed by atoms with Crippen molar-refractivity contribution >= 4 is 15.9 Å². The van der Waals surface area contributed by atoms with E-state index in [1.807, 2.05) is 31.2 Å². The molecule has 0 amide bonds. The van der Waals surface area contributed by atoms with Gasteiger partial charge in [0.25, 0.3) is 0 Å². The largest absolute Gasteiger partial charge is 0.380 e. The molecule has 0 aliphatic heterocycles. The lowest BCUT2D eigenvalue weighted by atomic mass is 9.83. The fraction of sp³-hybridized carbons (Fsp3) is 0.250. The van der Waals surface area contributed by atoms with E-state index in [1.54, 1.807) is 19.1 Å². The van der Waals surface area contributed by atoms with Crippen molar-refractivity contribution in [2.45, 2.75) is 25.9 Å². The van der Waals surface area contributed by atoms with Crippen LogP contribution in [0.25, 0.3) is 0 Å². The molecule has 0 aromatic heterocycles. The predicted molar refractivity (Wildman–Crippen MR) is 78.6 cm³/mol. The maximum Gasteiger partial charge on any atom is 0.126 e. The van der Waals surface area contributed by atoms with Crippen LogP contribution in [0.3, 0.4) is 0 Å². The summed E-state index contributed by atoms with van der Waals surface area (Å²) in [5.74, 6) is -0.253. The molecule has 0 radical (unpaired) electrons. The van der Waals surface area contributed by atoms with E-state index in [-0.39, 0.29) is 5.82 Å². The van der Waals surface area contributed by atoms with Crippen LogP contribution in [-0.2, 0) is 5.60 Å². The second-order valence-electron chi connectivity index (χ2n) is 4.69. The maximum absolute atomic E-state index is 13.4. The molecular weight excluding hydrogens is 307 g/mol. The van der Waals surface area contributed by atoms with Crippen LogP contribution in [0.2, 0.25) is 0 Å². The summed E-state index contributed by atoms with van der Waals surface area (Å²) in [5, 5.41) is 11.0. The number of halogens is 2. The van der Waals surface area contributed by atoms with Crippen LogP contribution in [0.15, 0.2) is 46.9 Å². The molecule has 0 saturated carbocycles. The van der Waals surface area contributed by atoms with Gasteiger partial charge in [-0.1, -0.05) is 41.1 Å². The maximum atomic E-state index is 13.4. The van der Waals surface area contributed by atoms with Crippen molar-refractivity contribution < 1.29 is 9.50 Å². The number of hydrogen-bond donors (Lipinski definition) is 1. The van der Waals surface area contributed by atoms with Gasteiger partial charge in [0.2, 0.25) is 0 Å². The molecule has 1 atom stereocenters. The van der Waals surface area contributed by atoms with Gasteiger partial charge in [-0.15, -0.1) is 0 Å². The zero-order chi connectivity index (χ0) is 14.0. The van der Waals surface area contributed by atoms with Crippen LogP contribution in [0.5, 0.6) is 0 Å². The van der Waals surface area contributed by atoms with E-state index in [2.05, 4.69) is 15.9 Å². The summed E-state index contributed by atoms with van der Waals surface area (Å²) in [6.45, 7) is 3.62. The van der Waals surface area contributed by atoms with Crippen LogP contribution < -0.4 is 0 Å². The Morgan fingerprint density at radius 3 is 2.42 bits per heavy atom. The Balaban J connectivity index is 2.56. The first kappa shape index (κ1) is 14.2. The third kappa shape index (κ3) is 2.72. The highest BCUT2D eigenvalue weighted by Crippen LogP contribution is 2.34. The first-order valence-electron chi connectivity index (χ1n) is 6.22. The van der Waals surface area contributed by atoms with Gasteiger partial charge in [0, 0.05) is 4.47 Å². The topological polar surface area (TPSA) is 20.2 Å². The van der Waals surface area contributed by atoms with Crippen LogP contribution >= 0.6 is 15.9 Å². The molecule has 100 valence electrons. The summed E-state index contributed by atoms with van der Waals surface area (Å²) >= 11 is 3.41. The smallest absolute Gasteiger partial charge is 0.126 e. The predicted octanol–water partition coefficient (Wildman–Crippen LogP) is 4.54. The van der Waals surface area contributed by atoms with Crippen molar-refractivity contribution in [3.63, 3.8) is 0 Å². The normalized spacial score (nSPS) is 14.2. The highest BCUT2D eigenvalue weighted by atomic mass is 79.9. The zero-order valence-electron chi connectivity index (χ0n) is 11.0. The Bertz CT molecular complexity index is 597. The number of hydrogen-bond acceptors (Lipinski definition) is 1. The fourth-order valence-corrected chi connectivity index (χ4v) is 2.62. The van der Waals surface area contributed by atoms with Crippen LogP contribution in [0.4, 0.5) is 4.39 Å². The van der Waals surface area contributed by atoms with Crippen molar-refractivity contribution in [1.82, 2.24) is 0 Å². The zero-order valence-corrected chi connectivity index (χ0v) is 12.5. The fourth-order valence-electron chi connectivity index (χ4n) is 2.22. The van der Waals surface area contributed by atoms with E-state index in [9.17, 15) is 9.50 Å². The molecule has 2 aromatic rings. The number of aliphatic hydroxyl groups is 1. The molecule has 2 rings (SSSR count). The molecular formula is C16H16BrFO. The Kier molecular flexibility index (Phi) is 4.07. The Morgan fingerprint density at radius 2 is 1.84 bits per heavy atom. The lowest BCUT2D eigenvalue weighted by Gasteiger charge is -2.28. The summed E-state index contributed by atoms with van der Waals surface area (Å²) in [5.41, 5.74) is 0.962. The highest BCUT2D eigenvalue weighted by molar-refractivity contribution is 9.10. The third-order valence-corrected chi connectivity index (χ3v) is 3.94. The van der Waals surface area contributed by atoms with Crippen molar-refractivity contribution in [2.75, 3.05) is 0 Å². The molecule has 1 unspecified atom stereocenters.